The molecule has 0 radical (unpaired) electrons. The van der Waals surface area contributed by atoms with Crippen molar-refractivity contribution in [3.63, 3.8) is 0 Å². The van der Waals surface area contributed by atoms with Crippen LogP contribution in [-0.4, -0.2) is 30.1 Å². The Morgan fingerprint density at radius 1 is 1.15 bits per heavy atom. The molecule has 1 unspecified atom stereocenters. The van der Waals surface area contributed by atoms with Crippen LogP contribution in [0.15, 0.2) is 42.5 Å². The fourth-order valence-electron chi connectivity index (χ4n) is 4.38. The van der Waals surface area contributed by atoms with E-state index < -0.39 is 0 Å². The molecule has 2 heterocycles. The van der Waals surface area contributed by atoms with E-state index in [2.05, 4.69) is 66.2 Å². The predicted octanol–water partition coefficient (Wildman–Crippen LogP) is 5.52. The molecule has 1 aromatic heterocycles. The lowest BCUT2D eigenvalue weighted by Crippen LogP contribution is -2.36. The number of H-pyrrole nitrogens is 1. The van der Waals surface area contributed by atoms with Crippen LogP contribution in [0, 0.1) is 0 Å². The van der Waals surface area contributed by atoms with Crippen molar-refractivity contribution in [3.05, 3.63) is 64.8 Å². The number of aromatic amines is 1. The summed E-state index contributed by atoms with van der Waals surface area (Å²) in [5.41, 5.74) is 6.75. The zero-order chi connectivity index (χ0) is 18.1. The maximum atomic E-state index is 5.71. The van der Waals surface area contributed by atoms with E-state index in [1.54, 1.807) is 7.11 Å². The van der Waals surface area contributed by atoms with Crippen LogP contribution in [0.4, 0.5) is 0 Å². The minimum absolute atomic E-state index is 0. The zero-order valence-corrected chi connectivity index (χ0v) is 17.2. The third-order valence-corrected chi connectivity index (χ3v) is 5.64. The smallest absolute Gasteiger partial charge is 0.124 e. The Kier molecular flexibility index (Phi) is 6.13. The molecule has 0 saturated carbocycles. The Labute approximate surface area is 168 Å². The summed E-state index contributed by atoms with van der Waals surface area (Å²) >= 11 is 0. The first-order chi connectivity index (χ1) is 12.8. The highest BCUT2D eigenvalue weighted by Crippen LogP contribution is 2.41. The van der Waals surface area contributed by atoms with Crippen LogP contribution in [0.1, 0.15) is 48.7 Å². The van der Waals surface area contributed by atoms with Crippen LogP contribution >= 0.6 is 12.4 Å². The fourth-order valence-corrected chi connectivity index (χ4v) is 4.38. The van der Waals surface area contributed by atoms with Crippen molar-refractivity contribution < 1.29 is 4.74 Å². The van der Waals surface area contributed by atoms with Crippen molar-refractivity contribution in [3.8, 4) is 5.75 Å². The normalized spacial score (nSPS) is 16.8. The summed E-state index contributed by atoms with van der Waals surface area (Å²) in [6.45, 7) is 6.67. The van der Waals surface area contributed by atoms with Gasteiger partial charge < -0.3 is 9.72 Å². The molecule has 0 bridgehead atoms. The van der Waals surface area contributed by atoms with Crippen LogP contribution in [0.25, 0.3) is 10.9 Å². The van der Waals surface area contributed by atoms with Crippen LogP contribution in [0.5, 0.6) is 5.75 Å². The highest BCUT2D eigenvalue weighted by molar-refractivity contribution is 5.86. The van der Waals surface area contributed by atoms with Crippen molar-refractivity contribution >= 4 is 23.3 Å². The Hall–Kier alpha value is -1.97. The molecule has 2 aromatic carbocycles. The molecule has 0 amide bonds. The minimum Gasteiger partial charge on any atom is -0.496 e. The molecule has 0 fully saturated rings. The molecule has 27 heavy (non-hydrogen) atoms. The third kappa shape index (κ3) is 3.46. The van der Waals surface area contributed by atoms with Gasteiger partial charge in [0.1, 0.15) is 5.75 Å². The number of aromatic nitrogens is 1. The molecule has 1 aliphatic rings. The van der Waals surface area contributed by atoms with E-state index in [4.69, 9.17) is 4.74 Å². The number of hydrogen-bond donors (Lipinski definition) is 1. The van der Waals surface area contributed by atoms with Crippen molar-refractivity contribution in [2.24, 2.45) is 0 Å². The molecular formula is C23H29ClN2O. The summed E-state index contributed by atoms with van der Waals surface area (Å²) in [5.74, 6) is 0.972. The largest absolute Gasteiger partial charge is 0.496 e. The molecular weight excluding hydrogens is 356 g/mol. The number of halogens is 1. The van der Waals surface area contributed by atoms with Gasteiger partial charge in [0.25, 0.3) is 0 Å². The number of ether oxygens (including phenoxy) is 1. The first kappa shape index (κ1) is 19.8. The highest BCUT2D eigenvalue weighted by Gasteiger charge is 2.32. The summed E-state index contributed by atoms with van der Waals surface area (Å²) in [6, 6.07) is 15.5. The number of rotatable bonds is 5. The van der Waals surface area contributed by atoms with Crippen LogP contribution in [-0.2, 0) is 12.8 Å². The second-order valence-corrected chi connectivity index (χ2v) is 7.18. The molecule has 0 aliphatic carbocycles. The minimum atomic E-state index is 0. The van der Waals surface area contributed by atoms with Crippen LogP contribution in [0.3, 0.4) is 0 Å². The second-order valence-electron chi connectivity index (χ2n) is 7.18. The number of nitrogens with one attached hydrogen (secondary N) is 1. The Bertz CT molecular complexity index is 918. The topological polar surface area (TPSA) is 28.3 Å². The number of fused-ring (bicyclic) bond motifs is 3. The lowest BCUT2D eigenvalue weighted by atomic mass is 9.91. The van der Waals surface area contributed by atoms with E-state index in [-0.39, 0.29) is 18.4 Å². The van der Waals surface area contributed by atoms with Gasteiger partial charge in [-0.15, -0.1) is 12.4 Å². The highest BCUT2D eigenvalue weighted by atomic mass is 35.5. The number of nitrogens with zero attached hydrogens (tertiary/aromatic N) is 1. The predicted molar refractivity (Wildman–Crippen MR) is 115 cm³/mol. The van der Waals surface area contributed by atoms with E-state index in [0.29, 0.717) is 0 Å². The molecule has 3 aromatic rings. The summed E-state index contributed by atoms with van der Waals surface area (Å²) in [5, 5.41) is 1.40. The molecule has 0 spiro atoms. The van der Waals surface area contributed by atoms with Gasteiger partial charge in [-0.1, -0.05) is 38.1 Å². The van der Waals surface area contributed by atoms with Crippen molar-refractivity contribution in [1.29, 1.82) is 0 Å². The fraction of sp³-hybridized carbons (Fsp3) is 0.391. The van der Waals surface area contributed by atoms with Gasteiger partial charge in [-0.25, -0.2) is 0 Å². The standard InChI is InChI=1S/C23H28N2O.ClH/c1-4-13-25-14-12-17-19-15-16(5-2)10-11-20(19)24-22(17)23(25)18-8-6-7-9-21(18)26-3;/h6-11,15,23-24H,4-5,12-14H2,1-3H3;1H. The first-order valence-electron chi connectivity index (χ1n) is 9.77. The summed E-state index contributed by atoms with van der Waals surface area (Å²) in [7, 11) is 1.77. The Morgan fingerprint density at radius 3 is 2.70 bits per heavy atom. The van der Waals surface area contributed by atoms with Gasteiger partial charge >= 0.3 is 0 Å². The summed E-state index contributed by atoms with van der Waals surface area (Å²) in [4.78, 5) is 6.35. The lowest BCUT2D eigenvalue weighted by molar-refractivity contribution is 0.207. The average Bonchev–Trinajstić information content (AvgIpc) is 3.05. The first-order valence-corrected chi connectivity index (χ1v) is 9.77. The number of benzene rings is 2. The second kappa shape index (κ2) is 8.37. The zero-order valence-electron chi connectivity index (χ0n) is 16.4. The summed E-state index contributed by atoms with van der Waals surface area (Å²) < 4.78 is 5.71. The van der Waals surface area contributed by atoms with Crippen LogP contribution in [0.2, 0.25) is 0 Å². The van der Waals surface area contributed by atoms with Crippen LogP contribution < -0.4 is 4.74 Å². The number of para-hydroxylation sites is 1. The quantitative estimate of drug-likeness (QED) is 0.627. The van der Waals surface area contributed by atoms with E-state index in [1.165, 1.54) is 33.3 Å². The van der Waals surface area contributed by atoms with Gasteiger partial charge in [0.15, 0.2) is 0 Å². The third-order valence-electron chi connectivity index (χ3n) is 5.64. The van der Waals surface area contributed by atoms with Gasteiger partial charge in [-0.05, 0) is 55.1 Å². The van der Waals surface area contributed by atoms with E-state index in [0.717, 1.165) is 38.1 Å². The van der Waals surface area contributed by atoms with Gasteiger partial charge in [-0.2, -0.15) is 0 Å². The Balaban J connectivity index is 0.00000210. The SMILES string of the molecule is CCCN1CCc2c([nH]c3ccc(CC)cc23)C1c1ccccc1OC.Cl. The lowest BCUT2D eigenvalue weighted by Gasteiger charge is -2.36. The molecule has 4 rings (SSSR count). The number of hydrogen-bond acceptors (Lipinski definition) is 2. The van der Waals surface area contributed by atoms with E-state index >= 15 is 0 Å². The monoisotopic (exact) mass is 384 g/mol. The maximum Gasteiger partial charge on any atom is 0.124 e. The molecule has 0 saturated heterocycles. The number of aryl methyl sites for hydroxylation is 1. The van der Waals surface area contributed by atoms with Gasteiger partial charge in [0.2, 0.25) is 0 Å². The Morgan fingerprint density at radius 2 is 1.96 bits per heavy atom. The molecule has 1 N–H and O–H groups in total. The molecule has 3 nitrogen and oxygen atoms in total. The van der Waals surface area contributed by atoms with Gasteiger partial charge in [-0.3, -0.25) is 4.90 Å². The average molecular weight is 385 g/mol. The van der Waals surface area contributed by atoms with E-state index in [9.17, 15) is 0 Å². The molecule has 4 heteroatoms. The van der Waals surface area contributed by atoms with Crippen molar-refractivity contribution in [1.82, 2.24) is 9.88 Å². The van der Waals surface area contributed by atoms with Gasteiger partial charge in [0, 0.05) is 28.7 Å². The molecule has 1 atom stereocenters. The number of methoxy groups -OCH3 is 1. The van der Waals surface area contributed by atoms with Crippen molar-refractivity contribution in [2.45, 2.75) is 39.2 Å². The summed E-state index contributed by atoms with van der Waals surface area (Å²) in [6.07, 6.45) is 3.34. The maximum absolute atomic E-state index is 5.71. The molecule has 1 aliphatic heterocycles. The molecule has 144 valence electrons. The van der Waals surface area contributed by atoms with Crippen molar-refractivity contribution in [2.75, 3.05) is 20.2 Å². The van der Waals surface area contributed by atoms with E-state index in [1.807, 2.05) is 0 Å². The van der Waals surface area contributed by atoms with Gasteiger partial charge in [0.05, 0.1) is 13.2 Å².